The number of amides is 1. The van der Waals surface area contributed by atoms with E-state index in [-0.39, 0.29) is 5.91 Å². The number of aryl methyl sites for hydroxylation is 1. The molecule has 92 valence electrons. The van der Waals surface area contributed by atoms with Gasteiger partial charge in [-0.25, -0.2) is 0 Å². The van der Waals surface area contributed by atoms with Gasteiger partial charge in [0.25, 0.3) is 5.91 Å². The molecule has 0 saturated heterocycles. The standard InChI is InChI=1S/C14H13BrN2O/c1-10-5-12(7-13(15)6-10)14(18)17-9-11-3-2-4-16-8-11/h2-8H,9H2,1H3,(H,17,18). The Labute approximate surface area is 114 Å². The quantitative estimate of drug-likeness (QED) is 0.947. The van der Waals surface area contributed by atoms with E-state index in [1.54, 1.807) is 12.4 Å². The van der Waals surface area contributed by atoms with Crippen LogP contribution in [0.5, 0.6) is 0 Å². The Morgan fingerprint density at radius 3 is 2.89 bits per heavy atom. The number of pyridine rings is 1. The summed E-state index contributed by atoms with van der Waals surface area (Å²) in [6.07, 6.45) is 3.45. The van der Waals surface area contributed by atoms with Gasteiger partial charge in [0.2, 0.25) is 0 Å². The number of benzene rings is 1. The molecule has 0 unspecified atom stereocenters. The zero-order valence-corrected chi connectivity index (χ0v) is 11.6. The van der Waals surface area contributed by atoms with Crippen LogP contribution in [0.4, 0.5) is 0 Å². The van der Waals surface area contributed by atoms with Gasteiger partial charge >= 0.3 is 0 Å². The van der Waals surface area contributed by atoms with E-state index in [0.717, 1.165) is 15.6 Å². The highest BCUT2D eigenvalue weighted by molar-refractivity contribution is 9.10. The van der Waals surface area contributed by atoms with Crippen molar-refractivity contribution in [2.75, 3.05) is 0 Å². The van der Waals surface area contributed by atoms with Crippen LogP contribution in [0, 0.1) is 6.92 Å². The molecule has 0 bridgehead atoms. The Kier molecular flexibility index (Phi) is 4.10. The number of hydrogen-bond acceptors (Lipinski definition) is 2. The van der Waals surface area contributed by atoms with E-state index in [0.29, 0.717) is 12.1 Å². The number of hydrogen-bond donors (Lipinski definition) is 1. The van der Waals surface area contributed by atoms with Crippen molar-refractivity contribution >= 4 is 21.8 Å². The second-order valence-electron chi connectivity index (χ2n) is 4.06. The minimum atomic E-state index is -0.0803. The van der Waals surface area contributed by atoms with Gasteiger partial charge in [-0.2, -0.15) is 0 Å². The van der Waals surface area contributed by atoms with E-state index in [4.69, 9.17) is 0 Å². The molecule has 18 heavy (non-hydrogen) atoms. The zero-order chi connectivity index (χ0) is 13.0. The number of halogens is 1. The molecular formula is C14H13BrN2O. The van der Waals surface area contributed by atoms with Crippen molar-refractivity contribution < 1.29 is 4.79 Å². The first kappa shape index (κ1) is 12.8. The highest BCUT2D eigenvalue weighted by Crippen LogP contribution is 2.15. The summed E-state index contributed by atoms with van der Waals surface area (Å²) in [6, 6.07) is 9.43. The van der Waals surface area contributed by atoms with Gasteiger partial charge in [-0.05, 0) is 42.3 Å². The van der Waals surface area contributed by atoms with Crippen molar-refractivity contribution in [2.24, 2.45) is 0 Å². The molecule has 2 rings (SSSR count). The summed E-state index contributed by atoms with van der Waals surface area (Å²) < 4.78 is 0.911. The maximum absolute atomic E-state index is 12.0. The van der Waals surface area contributed by atoms with Gasteiger partial charge in [0.1, 0.15) is 0 Å². The minimum Gasteiger partial charge on any atom is -0.348 e. The first-order chi connectivity index (χ1) is 8.65. The van der Waals surface area contributed by atoms with Crippen LogP contribution >= 0.6 is 15.9 Å². The van der Waals surface area contributed by atoms with Crippen molar-refractivity contribution in [1.82, 2.24) is 10.3 Å². The minimum absolute atomic E-state index is 0.0803. The summed E-state index contributed by atoms with van der Waals surface area (Å²) in [5.41, 5.74) is 2.69. The van der Waals surface area contributed by atoms with Crippen LogP contribution in [0.25, 0.3) is 0 Å². The summed E-state index contributed by atoms with van der Waals surface area (Å²) in [7, 11) is 0. The summed E-state index contributed by atoms with van der Waals surface area (Å²) >= 11 is 3.39. The Morgan fingerprint density at radius 2 is 2.22 bits per heavy atom. The third-order valence-electron chi connectivity index (χ3n) is 2.48. The molecule has 1 heterocycles. The smallest absolute Gasteiger partial charge is 0.251 e. The van der Waals surface area contributed by atoms with Gasteiger partial charge in [-0.15, -0.1) is 0 Å². The Morgan fingerprint density at radius 1 is 1.39 bits per heavy atom. The molecule has 0 aliphatic carbocycles. The molecule has 0 aliphatic rings. The zero-order valence-electron chi connectivity index (χ0n) is 9.98. The van der Waals surface area contributed by atoms with Crippen LogP contribution in [-0.4, -0.2) is 10.9 Å². The average molecular weight is 305 g/mol. The van der Waals surface area contributed by atoms with Gasteiger partial charge in [-0.3, -0.25) is 9.78 Å². The van der Waals surface area contributed by atoms with Crippen LogP contribution < -0.4 is 5.32 Å². The molecule has 0 radical (unpaired) electrons. The lowest BCUT2D eigenvalue weighted by Gasteiger charge is -2.06. The second-order valence-corrected chi connectivity index (χ2v) is 4.98. The van der Waals surface area contributed by atoms with Gasteiger partial charge < -0.3 is 5.32 Å². The summed E-state index contributed by atoms with van der Waals surface area (Å²) in [5.74, 6) is -0.0803. The number of nitrogens with zero attached hydrogens (tertiary/aromatic N) is 1. The molecule has 2 aromatic rings. The Bertz CT molecular complexity index is 535. The van der Waals surface area contributed by atoms with Gasteiger partial charge in [0.05, 0.1) is 0 Å². The fourth-order valence-corrected chi connectivity index (χ4v) is 2.26. The lowest BCUT2D eigenvalue weighted by Crippen LogP contribution is -2.22. The van der Waals surface area contributed by atoms with Crippen LogP contribution in [-0.2, 0) is 6.54 Å². The third-order valence-corrected chi connectivity index (χ3v) is 2.94. The van der Waals surface area contributed by atoms with Crippen LogP contribution in [0.1, 0.15) is 21.5 Å². The molecule has 0 atom stereocenters. The Balaban J connectivity index is 2.04. The third kappa shape index (κ3) is 3.40. The predicted octanol–water partition coefficient (Wildman–Crippen LogP) is 3.08. The average Bonchev–Trinajstić information content (AvgIpc) is 2.36. The molecular weight excluding hydrogens is 292 g/mol. The number of carbonyl (C=O) groups is 1. The highest BCUT2D eigenvalue weighted by atomic mass is 79.9. The summed E-state index contributed by atoms with van der Waals surface area (Å²) in [5, 5.41) is 2.87. The first-order valence-corrected chi connectivity index (χ1v) is 6.39. The van der Waals surface area contributed by atoms with Crippen molar-refractivity contribution in [3.63, 3.8) is 0 Å². The topological polar surface area (TPSA) is 42.0 Å². The fourth-order valence-electron chi connectivity index (χ4n) is 1.65. The van der Waals surface area contributed by atoms with E-state index in [9.17, 15) is 4.79 Å². The monoisotopic (exact) mass is 304 g/mol. The maximum Gasteiger partial charge on any atom is 0.251 e. The fraction of sp³-hybridized carbons (Fsp3) is 0.143. The molecule has 1 aromatic heterocycles. The number of carbonyl (C=O) groups excluding carboxylic acids is 1. The highest BCUT2D eigenvalue weighted by Gasteiger charge is 2.06. The summed E-state index contributed by atoms with van der Waals surface area (Å²) in [4.78, 5) is 16.0. The van der Waals surface area contributed by atoms with E-state index in [1.165, 1.54) is 0 Å². The van der Waals surface area contributed by atoms with Crippen LogP contribution in [0.15, 0.2) is 47.2 Å². The van der Waals surface area contributed by atoms with E-state index in [2.05, 4.69) is 26.2 Å². The molecule has 1 aromatic carbocycles. The molecule has 0 spiro atoms. The van der Waals surface area contributed by atoms with Crippen LogP contribution in [0.3, 0.4) is 0 Å². The van der Waals surface area contributed by atoms with Crippen molar-refractivity contribution in [3.8, 4) is 0 Å². The van der Waals surface area contributed by atoms with Gasteiger partial charge in [0, 0.05) is 29.0 Å². The number of aromatic nitrogens is 1. The normalized spacial score (nSPS) is 10.1. The molecule has 1 N–H and O–H groups in total. The van der Waals surface area contributed by atoms with Gasteiger partial charge in [-0.1, -0.05) is 22.0 Å². The van der Waals surface area contributed by atoms with Gasteiger partial charge in [0.15, 0.2) is 0 Å². The SMILES string of the molecule is Cc1cc(Br)cc(C(=O)NCc2cccnc2)c1. The van der Waals surface area contributed by atoms with E-state index < -0.39 is 0 Å². The molecule has 0 fully saturated rings. The molecule has 1 amide bonds. The largest absolute Gasteiger partial charge is 0.348 e. The molecule has 4 heteroatoms. The first-order valence-electron chi connectivity index (χ1n) is 5.59. The lowest BCUT2D eigenvalue weighted by molar-refractivity contribution is 0.0950. The van der Waals surface area contributed by atoms with E-state index >= 15 is 0 Å². The maximum atomic E-state index is 12.0. The summed E-state index contributed by atoms with van der Waals surface area (Å²) in [6.45, 7) is 2.45. The van der Waals surface area contributed by atoms with Crippen molar-refractivity contribution in [3.05, 3.63) is 63.9 Å². The lowest BCUT2D eigenvalue weighted by atomic mass is 10.1. The molecule has 0 saturated carbocycles. The molecule has 3 nitrogen and oxygen atoms in total. The van der Waals surface area contributed by atoms with Crippen LogP contribution in [0.2, 0.25) is 0 Å². The Hall–Kier alpha value is -1.68. The van der Waals surface area contributed by atoms with Crippen molar-refractivity contribution in [2.45, 2.75) is 13.5 Å². The number of nitrogens with one attached hydrogen (secondary N) is 1. The van der Waals surface area contributed by atoms with Crippen molar-refractivity contribution in [1.29, 1.82) is 0 Å². The second kappa shape index (κ2) is 5.78. The number of rotatable bonds is 3. The van der Waals surface area contributed by atoms with E-state index in [1.807, 2.05) is 37.3 Å². The molecule has 0 aliphatic heterocycles. The predicted molar refractivity (Wildman–Crippen MR) is 74.3 cm³/mol.